The third-order valence-electron chi connectivity index (χ3n) is 3.45. The van der Waals surface area contributed by atoms with Crippen LogP contribution in [0.2, 0.25) is 0 Å². The number of benzene rings is 2. The van der Waals surface area contributed by atoms with E-state index in [1.54, 1.807) is 0 Å². The van der Waals surface area contributed by atoms with Crippen molar-refractivity contribution in [1.29, 1.82) is 0 Å². The Morgan fingerprint density at radius 2 is 1.81 bits per heavy atom. The molecule has 1 amide bonds. The van der Waals surface area contributed by atoms with E-state index in [0.717, 1.165) is 18.4 Å². The molecule has 0 saturated carbocycles. The number of methoxy groups -OCH3 is 1. The number of rotatable bonds is 6. The van der Waals surface area contributed by atoms with Crippen LogP contribution < -0.4 is 9.62 Å². The Hall–Kier alpha value is -3.01. The summed E-state index contributed by atoms with van der Waals surface area (Å²) in [5.41, 5.74) is 0.229. The molecule has 10 heteroatoms. The predicted octanol–water partition coefficient (Wildman–Crippen LogP) is 2.16. The van der Waals surface area contributed by atoms with E-state index < -0.39 is 40.1 Å². The van der Waals surface area contributed by atoms with E-state index in [0.29, 0.717) is 10.4 Å². The lowest BCUT2D eigenvalue weighted by Crippen LogP contribution is -2.37. The van der Waals surface area contributed by atoms with E-state index in [2.05, 4.69) is 10.1 Å². The summed E-state index contributed by atoms with van der Waals surface area (Å²) in [5, 5.41) is 2.44. The molecule has 0 aliphatic carbocycles. The molecule has 1 N–H and O–H groups in total. The normalized spacial score (nSPS) is 11.0. The van der Waals surface area contributed by atoms with E-state index in [4.69, 9.17) is 0 Å². The van der Waals surface area contributed by atoms with Crippen LogP contribution in [0.15, 0.2) is 42.5 Å². The Morgan fingerprint density at radius 3 is 2.41 bits per heavy atom. The van der Waals surface area contributed by atoms with Gasteiger partial charge in [0.25, 0.3) is 0 Å². The maximum absolute atomic E-state index is 13.4. The molecule has 0 spiro atoms. The Balaban J connectivity index is 2.22. The lowest BCUT2D eigenvalue weighted by atomic mass is 10.2. The van der Waals surface area contributed by atoms with Crippen molar-refractivity contribution in [3.63, 3.8) is 0 Å². The first-order valence-corrected chi connectivity index (χ1v) is 9.37. The minimum absolute atomic E-state index is 0.191. The zero-order valence-corrected chi connectivity index (χ0v) is 15.2. The Kier molecular flexibility index (Phi) is 6.11. The molecule has 0 saturated heterocycles. The number of hydrogen-bond acceptors (Lipinski definition) is 5. The molecule has 2 rings (SSSR count). The van der Waals surface area contributed by atoms with Crippen LogP contribution in [0.3, 0.4) is 0 Å². The average Bonchev–Trinajstić information content (AvgIpc) is 2.60. The highest BCUT2D eigenvalue weighted by Crippen LogP contribution is 2.21. The number of anilines is 2. The number of hydrogen-bond donors (Lipinski definition) is 1. The number of nitrogens with zero attached hydrogens (tertiary/aromatic N) is 1. The number of amides is 1. The van der Waals surface area contributed by atoms with Gasteiger partial charge in [-0.25, -0.2) is 22.0 Å². The van der Waals surface area contributed by atoms with E-state index in [1.807, 2.05) is 0 Å². The number of nitrogens with one attached hydrogen (secondary N) is 1. The van der Waals surface area contributed by atoms with Gasteiger partial charge in [-0.15, -0.1) is 0 Å². The lowest BCUT2D eigenvalue weighted by molar-refractivity contribution is -0.114. The maximum atomic E-state index is 13.4. The molecule has 0 aromatic heterocycles. The molecule has 0 unspecified atom stereocenters. The zero-order valence-electron chi connectivity index (χ0n) is 14.4. The molecule has 7 nitrogen and oxygen atoms in total. The van der Waals surface area contributed by atoms with Crippen LogP contribution in [0, 0.1) is 11.6 Å². The molecular formula is C17H16F2N2O5S. The van der Waals surface area contributed by atoms with Gasteiger partial charge in [-0.1, -0.05) is 6.07 Å². The third-order valence-corrected chi connectivity index (χ3v) is 4.59. The van der Waals surface area contributed by atoms with Crippen molar-refractivity contribution in [3.8, 4) is 0 Å². The van der Waals surface area contributed by atoms with Gasteiger partial charge in [0.1, 0.15) is 6.54 Å². The lowest BCUT2D eigenvalue weighted by Gasteiger charge is -2.22. The smallest absolute Gasteiger partial charge is 0.337 e. The monoisotopic (exact) mass is 398 g/mol. The molecule has 27 heavy (non-hydrogen) atoms. The van der Waals surface area contributed by atoms with Gasteiger partial charge in [0.05, 0.1) is 24.6 Å². The predicted molar refractivity (Wildman–Crippen MR) is 95.0 cm³/mol. The van der Waals surface area contributed by atoms with Gasteiger partial charge in [-0.3, -0.25) is 9.10 Å². The molecule has 0 atom stereocenters. The van der Waals surface area contributed by atoms with Gasteiger partial charge >= 0.3 is 5.97 Å². The highest BCUT2D eigenvalue weighted by atomic mass is 32.2. The van der Waals surface area contributed by atoms with Gasteiger partial charge in [0, 0.05) is 11.8 Å². The van der Waals surface area contributed by atoms with Crippen LogP contribution in [0.4, 0.5) is 20.2 Å². The molecule has 0 radical (unpaired) electrons. The molecule has 0 fully saturated rings. The molecule has 144 valence electrons. The van der Waals surface area contributed by atoms with Crippen molar-refractivity contribution in [2.24, 2.45) is 0 Å². The largest absolute Gasteiger partial charge is 0.465 e. The van der Waals surface area contributed by atoms with Gasteiger partial charge in [-0.05, 0) is 30.3 Å². The fourth-order valence-electron chi connectivity index (χ4n) is 2.21. The number of halogens is 2. The molecule has 2 aromatic carbocycles. The molecule has 0 aliphatic rings. The summed E-state index contributed by atoms with van der Waals surface area (Å²) < 4.78 is 55.7. The fraction of sp³-hybridized carbons (Fsp3) is 0.176. The van der Waals surface area contributed by atoms with Crippen LogP contribution in [-0.2, 0) is 19.6 Å². The van der Waals surface area contributed by atoms with Gasteiger partial charge in [-0.2, -0.15) is 0 Å². The summed E-state index contributed by atoms with van der Waals surface area (Å²) >= 11 is 0. The van der Waals surface area contributed by atoms with Crippen molar-refractivity contribution in [3.05, 3.63) is 59.7 Å². The Bertz CT molecular complexity index is 979. The van der Waals surface area contributed by atoms with Gasteiger partial charge in [0.15, 0.2) is 11.6 Å². The van der Waals surface area contributed by atoms with E-state index in [1.165, 1.54) is 31.4 Å². The summed E-state index contributed by atoms with van der Waals surface area (Å²) in [7, 11) is -2.74. The van der Waals surface area contributed by atoms with Crippen molar-refractivity contribution in [2.75, 3.05) is 29.5 Å². The van der Waals surface area contributed by atoms with Crippen LogP contribution in [0.25, 0.3) is 0 Å². The Labute approximate surface area is 154 Å². The maximum Gasteiger partial charge on any atom is 0.337 e. The number of ether oxygens (including phenoxy) is 1. The summed E-state index contributed by atoms with van der Waals surface area (Å²) in [6, 6.07) is 8.32. The molecular weight excluding hydrogens is 382 g/mol. The Morgan fingerprint density at radius 1 is 1.11 bits per heavy atom. The minimum Gasteiger partial charge on any atom is -0.465 e. The summed E-state index contributed by atoms with van der Waals surface area (Å²) in [6.07, 6.45) is 0.833. The second-order valence-corrected chi connectivity index (χ2v) is 7.40. The first-order valence-electron chi connectivity index (χ1n) is 7.53. The van der Waals surface area contributed by atoms with Crippen molar-refractivity contribution < 1.29 is 31.5 Å². The fourth-order valence-corrected chi connectivity index (χ4v) is 3.06. The van der Waals surface area contributed by atoms with Crippen molar-refractivity contribution >= 4 is 33.3 Å². The number of sulfonamides is 1. The summed E-state index contributed by atoms with van der Waals surface area (Å²) in [4.78, 5) is 23.8. The van der Waals surface area contributed by atoms with E-state index in [9.17, 15) is 26.8 Å². The molecule has 2 aromatic rings. The standard InChI is InChI=1S/C17H16F2N2O5S/c1-26-17(23)11-4-3-5-12(8-11)20-16(22)10-21(27(2,24)25)13-6-7-14(18)15(19)9-13/h3-9H,10H2,1-2H3,(H,20,22). The highest BCUT2D eigenvalue weighted by Gasteiger charge is 2.22. The average molecular weight is 398 g/mol. The van der Waals surface area contributed by atoms with Crippen molar-refractivity contribution in [2.45, 2.75) is 0 Å². The summed E-state index contributed by atoms with van der Waals surface area (Å²) in [6.45, 7) is -0.674. The van der Waals surface area contributed by atoms with Gasteiger partial charge < -0.3 is 10.1 Å². The second kappa shape index (κ2) is 8.12. The van der Waals surface area contributed by atoms with Crippen LogP contribution >= 0.6 is 0 Å². The SMILES string of the molecule is COC(=O)c1cccc(NC(=O)CN(c2ccc(F)c(F)c2)S(C)(=O)=O)c1. The highest BCUT2D eigenvalue weighted by molar-refractivity contribution is 7.92. The molecule has 0 aliphatic heterocycles. The molecule has 0 bridgehead atoms. The first kappa shape index (κ1) is 20.3. The van der Waals surface area contributed by atoms with E-state index in [-0.39, 0.29) is 16.9 Å². The quantitative estimate of drug-likeness (QED) is 0.753. The first-order chi connectivity index (χ1) is 12.6. The minimum atomic E-state index is -3.95. The van der Waals surface area contributed by atoms with Crippen molar-refractivity contribution in [1.82, 2.24) is 0 Å². The topological polar surface area (TPSA) is 92.8 Å². The number of esters is 1. The van der Waals surface area contributed by atoms with E-state index >= 15 is 0 Å². The number of carbonyl (C=O) groups is 2. The van der Waals surface area contributed by atoms with Crippen LogP contribution in [0.1, 0.15) is 10.4 Å². The third kappa shape index (κ3) is 5.23. The number of carbonyl (C=O) groups excluding carboxylic acids is 2. The van der Waals surface area contributed by atoms with Crippen LogP contribution in [0.5, 0.6) is 0 Å². The van der Waals surface area contributed by atoms with Crippen LogP contribution in [-0.4, -0.2) is 40.2 Å². The van der Waals surface area contributed by atoms with Gasteiger partial charge in [0.2, 0.25) is 15.9 Å². The zero-order chi connectivity index (χ0) is 20.2. The second-order valence-electron chi connectivity index (χ2n) is 5.49. The molecule has 0 heterocycles. The summed E-state index contributed by atoms with van der Waals surface area (Å²) in [5.74, 6) is -3.73.